The van der Waals surface area contributed by atoms with Crippen LogP contribution in [-0.2, 0) is 10.0 Å². The van der Waals surface area contributed by atoms with Crippen LogP contribution in [0.25, 0.3) is 11.3 Å². The van der Waals surface area contributed by atoms with E-state index in [1.807, 2.05) is 30.5 Å². The van der Waals surface area contributed by atoms with Gasteiger partial charge in [-0.2, -0.15) is 0 Å². The highest BCUT2D eigenvalue weighted by molar-refractivity contribution is 7.92. The maximum Gasteiger partial charge on any atom is 0.264 e. The van der Waals surface area contributed by atoms with Gasteiger partial charge in [-0.15, -0.1) is 11.3 Å². The number of carbonyl (C=O) groups is 1. The summed E-state index contributed by atoms with van der Waals surface area (Å²) in [6.45, 7) is 1.95. The van der Waals surface area contributed by atoms with Gasteiger partial charge in [0.1, 0.15) is 0 Å². The second-order valence-corrected chi connectivity index (χ2v) is 10.2. The van der Waals surface area contributed by atoms with E-state index < -0.39 is 10.0 Å². The molecule has 0 bridgehead atoms. The van der Waals surface area contributed by atoms with Crippen molar-refractivity contribution in [2.75, 3.05) is 16.7 Å². The first-order valence-corrected chi connectivity index (χ1v) is 12.1. The highest BCUT2D eigenvalue weighted by Gasteiger charge is 2.22. The number of thiazole rings is 1. The number of amides is 1. The van der Waals surface area contributed by atoms with Crippen LogP contribution in [0, 0.1) is 6.92 Å². The molecule has 32 heavy (non-hydrogen) atoms. The first-order chi connectivity index (χ1) is 15.3. The van der Waals surface area contributed by atoms with Gasteiger partial charge in [0.25, 0.3) is 15.9 Å². The number of hydrogen-bond acceptors (Lipinski definition) is 5. The number of anilines is 2. The molecule has 0 unspecified atom stereocenters. The molecule has 4 aromatic rings. The lowest BCUT2D eigenvalue weighted by atomic mass is 10.1. The molecule has 1 N–H and O–H groups in total. The van der Waals surface area contributed by atoms with E-state index in [2.05, 4.69) is 10.3 Å². The number of aryl methyl sites for hydroxylation is 1. The largest absolute Gasteiger partial charge is 0.322 e. The van der Waals surface area contributed by atoms with Crippen molar-refractivity contribution in [1.29, 1.82) is 0 Å². The number of nitrogens with one attached hydrogen (secondary N) is 1. The Morgan fingerprint density at radius 3 is 2.34 bits per heavy atom. The van der Waals surface area contributed by atoms with Gasteiger partial charge in [0.2, 0.25) is 0 Å². The Morgan fingerprint density at radius 1 is 0.969 bits per heavy atom. The molecule has 4 rings (SSSR count). The summed E-state index contributed by atoms with van der Waals surface area (Å²) in [7, 11) is -2.32. The summed E-state index contributed by atoms with van der Waals surface area (Å²) in [5, 5.41) is 5.79. The van der Waals surface area contributed by atoms with E-state index in [9.17, 15) is 13.2 Å². The highest BCUT2D eigenvalue weighted by atomic mass is 32.2. The van der Waals surface area contributed by atoms with Crippen molar-refractivity contribution >= 4 is 38.6 Å². The van der Waals surface area contributed by atoms with Gasteiger partial charge >= 0.3 is 0 Å². The van der Waals surface area contributed by atoms with Crippen LogP contribution in [0.4, 0.5) is 11.4 Å². The lowest BCUT2D eigenvalue weighted by molar-refractivity contribution is 0.102. The molecular formula is C24H21N3O3S2. The van der Waals surface area contributed by atoms with Crippen molar-refractivity contribution < 1.29 is 13.2 Å². The van der Waals surface area contributed by atoms with E-state index >= 15 is 0 Å². The monoisotopic (exact) mass is 463 g/mol. The van der Waals surface area contributed by atoms with Gasteiger partial charge in [0, 0.05) is 29.2 Å². The third kappa shape index (κ3) is 4.56. The average Bonchev–Trinajstić information content (AvgIpc) is 3.26. The van der Waals surface area contributed by atoms with E-state index in [1.165, 1.54) is 23.5 Å². The molecule has 0 aliphatic rings. The molecule has 6 nitrogen and oxygen atoms in total. The van der Waals surface area contributed by atoms with Crippen LogP contribution in [0.5, 0.6) is 0 Å². The van der Waals surface area contributed by atoms with Crippen LogP contribution in [-0.4, -0.2) is 26.4 Å². The third-order valence-corrected chi connectivity index (χ3v) is 7.49. The standard InChI is InChI=1S/C24H21N3O3S2/c1-17-25-23(16-31-17)18-11-13-20(14-12-18)26-24(28)19-7-6-10-22(15-19)32(29,30)27(2)21-8-4-3-5-9-21/h3-16H,1-2H3,(H,26,28). The highest BCUT2D eigenvalue weighted by Crippen LogP contribution is 2.25. The van der Waals surface area contributed by atoms with E-state index in [0.717, 1.165) is 16.3 Å². The second-order valence-electron chi connectivity index (χ2n) is 7.12. The molecule has 8 heteroatoms. The van der Waals surface area contributed by atoms with Gasteiger partial charge in [0.05, 0.1) is 21.3 Å². The molecular weight excluding hydrogens is 442 g/mol. The molecule has 0 aliphatic heterocycles. The summed E-state index contributed by atoms with van der Waals surface area (Å²) in [6, 6.07) is 22.2. The summed E-state index contributed by atoms with van der Waals surface area (Å²) < 4.78 is 27.3. The molecule has 0 radical (unpaired) electrons. The predicted molar refractivity (Wildman–Crippen MR) is 129 cm³/mol. The molecule has 1 aromatic heterocycles. The number of sulfonamides is 1. The lowest BCUT2D eigenvalue weighted by Crippen LogP contribution is -2.26. The zero-order chi connectivity index (χ0) is 22.7. The van der Waals surface area contributed by atoms with Crippen molar-refractivity contribution in [3.8, 4) is 11.3 Å². The minimum atomic E-state index is -3.81. The number of carbonyl (C=O) groups excluding carboxylic acids is 1. The van der Waals surface area contributed by atoms with Crippen LogP contribution in [0.15, 0.2) is 89.1 Å². The maximum atomic E-state index is 13.0. The minimum absolute atomic E-state index is 0.0470. The smallest absolute Gasteiger partial charge is 0.264 e. The van der Waals surface area contributed by atoms with Crippen molar-refractivity contribution in [3.05, 3.63) is 94.8 Å². The van der Waals surface area contributed by atoms with Crippen LogP contribution in [0.1, 0.15) is 15.4 Å². The first-order valence-electron chi connectivity index (χ1n) is 9.82. The molecule has 0 atom stereocenters. The first kappa shape index (κ1) is 21.7. The molecule has 1 amide bonds. The van der Waals surface area contributed by atoms with Crippen LogP contribution in [0.3, 0.4) is 0 Å². The maximum absolute atomic E-state index is 13.0. The normalized spacial score (nSPS) is 11.2. The number of para-hydroxylation sites is 1. The Balaban J connectivity index is 1.52. The molecule has 0 fully saturated rings. The number of rotatable bonds is 6. The molecule has 3 aromatic carbocycles. The average molecular weight is 464 g/mol. The zero-order valence-electron chi connectivity index (χ0n) is 17.5. The van der Waals surface area contributed by atoms with Crippen LogP contribution >= 0.6 is 11.3 Å². The SMILES string of the molecule is Cc1nc(-c2ccc(NC(=O)c3cccc(S(=O)(=O)N(C)c4ccccc4)c3)cc2)cs1. The fourth-order valence-corrected chi connectivity index (χ4v) is 5.02. The number of nitrogens with zero attached hydrogens (tertiary/aromatic N) is 2. The summed E-state index contributed by atoms with van der Waals surface area (Å²) in [5.41, 5.74) is 3.26. The van der Waals surface area contributed by atoms with Gasteiger partial charge < -0.3 is 5.32 Å². The van der Waals surface area contributed by atoms with Gasteiger partial charge in [-0.25, -0.2) is 13.4 Å². The summed E-state index contributed by atoms with van der Waals surface area (Å²) in [4.78, 5) is 17.3. The number of hydrogen-bond donors (Lipinski definition) is 1. The Labute approximate surface area is 191 Å². The number of benzene rings is 3. The minimum Gasteiger partial charge on any atom is -0.322 e. The Hall–Kier alpha value is -3.49. The number of aromatic nitrogens is 1. The predicted octanol–water partition coefficient (Wildman–Crippen LogP) is 5.20. The van der Waals surface area contributed by atoms with Crippen LogP contribution in [0.2, 0.25) is 0 Å². The van der Waals surface area contributed by atoms with E-state index in [-0.39, 0.29) is 16.4 Å². The zero-order valence-corrected chi connectivity index (χ0v) is 19.2. The van der Waals surface area contributed by atoms with Gasteiger partial charge in [-0.05, 0) is 49.4 Å². The quantitative estimate of drug-likeness (QED) is 0.426. The molecule has 0 saturated heterocycles. The van der Waals surface area contributed by atoms with E-state index in [1.54, 1.807) is 59.9 Å². The second kappa shape index (κ2) is 8.94. The van der Waals surface area contributed by atoms with Gasteiger partial charge in [0.15, 0.2) is 0 Å². The Kier molecular flexibility index (Phi) is 6.07. The fraction of sp³-hybridized carbons (Fsp3) is 0.0833. The fourth-order valence-electron chi connectivity index (χ4n) is 3.16. The van der Waals surface area contributed by atoms with Crippen molar-refractivity contribution in [2.45, 2.75) is 11.8 Å². The molecule has 1 heterocycles. The topological polar surface area (TPSA) is 79.4 Å². The van der Waals surface area contributed by atoms with Crippen molar-refractivity contribution in [1.82, 2.24) is 4.98 Å². The van der Waals surface area contributed by atoms with Crippen LogP contribution < -0.4 is 9.62 Å². The summed E-state index contributed by atoms with van der Waals surface area (Å²) in [5.74, 6) is -0.387. The van der Waals surface area contributed by atoms with Crippen molar-refractivity contribution in [3.63, 3.8) is 0 Å². The third-order valence-electron chi connectivity index (χ3n) is 4.93. The van der Waals surface area contributed by atoms with Crippen molar-refractivity contribution in [2.24, 2.45) is 0 Å². The Bertz CT molecular complexity index is 1350. The Morgan fingerprint density at radius 2 is 1.69 bits per heavy atom. The summed E-state index contributed by atoms with van der Waals surface area (Å²) in [6.07, 6.45) is 0. The van der Waals surface area contributed by atoms with E-state index in [4.69, 9.17) is 0 Å². The van der Waals surface area contributed by atoms with Gasteiger partial charge in [-0.3, -0.25) is 9.10 Å². The van der Waals surface area contributed by atoms with E-state index in [0.29, 0.717) is 11.4 Å². The van der Waals surface area contributed by atoms with Gasteiger partial charge in [-0.1, -0.05) is 36.4 Å². The lowest BCUT2D eigenvalue weighted by Gasteiger charge is -2.19. The summed E-state index contributed by atoms with van der Waals surface area (Å²) >= 11 is 1.58. The molecule has 0 aliphatic carbocycles. The molecule has 0 spiro atoms. The molecule has 0 saturated carbocycles. The molecule has 162 valence electrons.